The summed E-state index contributed by atoms with van der Waals surface area (Å²) in [6.45, 7) is 1.90. The van der Waals surface area contributed by atoms with E-state index in [0.29, 0.717) is 10.7 Å². The molecule has 0 unspecified atom stereocenters. The molecule has 1 N–H and O–H groups in total. The molecular weight excluding hydrogens is 334 g/mol. The lowest BCUT2D eigenvalue weighted by Gasteiger charge is -2.04. The van der Waals surface area contributed by atoms with Gasteiger partial charge in [0.25, 0.3) is 0 Å². The lowest BCUT2D eigenvalue weighted by Crippen LogP contribution is -2.08. The highest BCUT2D eigenvalue weighted by Crippen LogP contribution is 2.18. The van der Waals surface area contributed by atoms with Crippen LogP contribution in [0.1, 0.15) is 11.1 Å². The maximum absolute atomic E-state index is 11.9. The second kappa shape index (κ2) is 6.98. The SMILES string of the molecule is Cc1ccc(/C=C/C(=O)Nc2cccc(S(C)(=O)=O)c2)cc1Cl. The van der Waals surface area contributed by atoms with Gasteiger partial charge >= 0.3 is 0 Å². The summed E-state index contributed by atoms with van der Waals surface area (Å²) < 4.78 is 23.0. The lowest BCUT2D eigenvalue weighted by atomic mass is 10.1. The molecule has 4 nitrogen and oxygen atoms in total. The summed E-state index contributed by atoms with van der Waals surface area (Å²) in [5.74, 6) is -0.354. The average molecular weight is 350 g/mol. The van der Waals surface area contributed by atoms with Gasteiger partial charge in [-0.25, -0.2) is 8.42 Å². The molecule has 2 rings (SSSR count). The molecule has 23 heavy (non-hydrogen) atoms. The van der Waals surface area contributed by atoms with Crippen molar-refractivity contribution in [3.63, 3.8) is 0 Å². The second-order valence-electron chi connectivity index (χ2n) is 5.13. The van der Waals surface area contributed by atoms with Crippen LogP contribution < -0.4 is 5.32 Å². The standard InChI is InChI=1S/C17H16ClNO3S/c1-12-6-7-13(10-16(12)18)8-9-17(20)19-14-4-3-5-15(11-14)23(2,21)22/h3-11H,1-2H3,(H,19,20)/b9-8+. The molecule has 0 saturated carbocycles. The van der Waals surface area contributed by atoms with Crippen LogP contribution in [0.2, 0.25) is 5.02 Å². The molecule has 2 aromatic rings. The lowest BCUT2D eigenvalue weighted by molar-refractivity contribution is -0.111. The first-order chi connectivity index (χ1) is 10.8. The van der Waals surface area contributed by atoms with E-state index in [0.717, 1.165) is 17.4 Å². The van der Waals surface area contributed by atoms with Crippen molar-refractivity contribution in [2.45, 2.75) is 11.8 Å². The van der Waals surface area contributed by atoms with E-state index in [2.05, 4.69) is 5.32 Å². The Labute approximate surface area is 140 Å². The molecule has 0 aliphatic heterocycles. The fourth-order valence-corrected chi connectivity index (χ4v) is 2.73. The van der Waals surface area contributed by atoms with E-state index >= 15 is 0 Å². The van der Waals surface area contributed by atoms with Gasteiger partial charge < -0.3 is 5.32 Å². The van der Waals surface area contributed by atoms with Crippen LogP contribution in [0.5, 0.6) is 0 Å². The van der Waals surface area contributed by atoms with Crippen LogP contribution in [-0.4, -0.2) is 20.6 Å². The molecule has 0 bridgehead atoms. The minimum absolute atomic E-state index is 0.157. The van der Waals surface area contributed by atoms with Crippen molar-refractivity contribution >= 4 is 39.1 Å². The van der Waals surface area contributed by atoms with Crippen molar-refractivity contribution in [3.05, 3.63) is 64.7 Å². The van der Waals surface area contributed by atoms with E-state index in [1.54, 1.807) is 24.3 Å². The average Bonchev–Trinajstić information content (AvgIpc) is 2.48. The van der Waals surface area contributed by atoms with E-state index < -0.39 is 9.84 Å². The Kier molecular flexibility index (Phi) is 5.23. The van der Waals surface area contributed by atoms with Gasteiger partial charge in [-0.2, -0.15) is 0 Å². The van der Waals surface area contributed by atoms with E-state index in [1.165, 1.54) is 18.2 Å². The third-order valence-electron chi connectivity index (χ3n) is 3.15. The first kappa shape index (κ1) is 17.2. The highest BCUT2D eigenvalue weighted by Gasteiger charge is 2.08. The molecule has 1 amide bonds. The fraction of sp³-hybridized carbons (Fsp3) is 0.118. The van der Waals surface area contributed by atoms with Crippen molar-refractivity contribution < 1.29 is 13.2 Å². The zero-order valence-electron chi connectivity index (χ0n) is 12.7. The quantitative estimate of drug-likeness (QED) is 0.856. The fourth-order valence-electron chi connectivity index (χ4n) is 1.87. The topological polar surface area (TPSA) is 63.2 Å². The van der Waals surface area contributed by atoms with Gasteiger partial charge in [0, 0.05) is 23.0 Å². The number of carbonyl (C=O) groups excluding carboxylic acids is 1. The highest BCUT2D eigenvalue weighted by atomic mass is 35.5. The van der Waals surface area contributed by atoms with Gasteiger partial charge in [0.1, 0.15) is 0 Å². The third-order valence-corrected chi connectivity index (χ3v) is 4.67. The number of halogens is 1. The highest BCUT2D eigenvalue weighted by molar-refractivity contribution is 7.90. The molecule has 0 saturated heterocycles. The Hall–Kier alpha value is -2.11. The van der Waals surface area contributed by atoms with Gasteiger partial charge in [-0.15, -0.1) is 0 Å². The first-order valence-corrected chi connectivity index (χ1v) is 9.08. The number of hydrogen-bond acceptors (Lipinski definition) is 3. The Bertz CT molecular complexity index is 873. The Morgan fingerprint density at radius 2 is 1.91 bits per heavy atom. The molecule has 0 fully saturated rings. The molecule has 0 spiro atoms. The van der Waals surface area contributed by atoms with Crippen molar-refractivity contribution in [1.29, 1.82) is 0 Å². The zero-order valence-corrected chi connectivity index (χ0v) is 14.3. The van der Waals surface area contributed by atoms with Crippen LogP contribution in [0.3, 0.4) is 0 Å². The van der Waals surface area contributed by atoms with Gasteiger partial charge in [0.15, 0.2) is 9.84 Å². The Morgan fingerprint density at radius 3 is 2.57 bits per heavy atom. The molecule has 0 aromatic heterocycles. The number of benzene rings is 2. The first-order valence-electron chi connectivity index (χ1n) is 6.81. The third kappa shape index (κ3) is 4.94. The predicted molar refractivity (Wildman–Crippen MR) is 93.4 cm³/mol. The molecule has 120 valence electrons. The van der Waals surface area contributed by atoms with E-state index in [-0.39, 0.29) is 10.8 Å². The number of rotatable bonds is 4. The molecule has 0 atom stereocenters. The molecule has 0 heterocycles. The maximum atomic E-state index is 11.9. The van der Waals surface area contributed by atoms with E-state index in [4.69, 9.17) is 11.6 Å². The summed E-state index contributed by atoms with van der Waals surface area (Å²) in [4.78, 5) is 12.1. The Morgan fingerprint density at radius 1 is 1.17 bits per heavy atom. The number of amides is 1. The summed E-state index contributed by atoms with van der Waals surface area (Å²) in [7, 11) is -3.31. The molecule has 6 heteroatoms. The number of sulfone groups is 1. The van der Waals surface area contributed by atoms with Crippen molar-refractivity contribution in [2.24, 2.45) is 0 Å². The van der Waals surface area contributed by atoms with Crippen LogP contribution >= 0.6 is 11.6 Å². The predicted octanol–water partition coefficient (Wildman–Crippen LogP) is 3.70. The molecule has 0 radical (unpaired) electrons. The van der Waals surface area contributed by atoms with Crippen molar-refractivity contribution in [3.8, 4) is 0 Å². The van der Waals surface area contributed by atoms with Crippen molar-refractivity contribution in [2.75, 3.05) is 11.6 Å². The molecular formula is C17H16ClNO3S. The van der Waals surface area contributed by atoms with E-state index in [9.17, 15) is 13.2 Å². The van der Waals surface area contributed by atoms with Crippen LogP contribution in [0, 0.1) is 6.92 Å². The van der Waals surface area contributed by atoms with Crippen LogP contribution in [0.15, 0.2) is 53.4 Å². The number of aryl methyl sites for hydroxylation is 1. The summed E-state index contributed by atoms with van der Waals surface area (Å²) in [5, 5.41) is 3.26. The summed E-state index contributed by atoms with van der Waals surface area (Å²) in [5.41, 5.74) is 2.19. The smallest absolute Gasteiger partial charge is 0.248 e. The van der Waals surface area contributed by atoms with Crippen LogP contribution in [0.4, 0.5) is 5.69 Å². The van der Waals surface area contributed by atoms with Crippen molar-refractivity contribution in [1.82, 2.24) is 0 Å². The van der Waals surface area contributed by atoms with Gasteiger partial charge in [-0.05, 0) is 48.4 Å². The summed E-state index contributed by atoms with van der Waals surface area (Å²) >= 11 is 6.03. The molecule has 2 aromatic carbocycles. The molecule has 0 aliphatic rings. The summed E-state index contributed by atoms with van der Waals surface area (Å²) in [6, 6.07) is 11.6. The zero-order chi connectivity index (χ0) is 17.0. The number of anilines is 1. The molecule has 0 aliphatic carbocycles. The normalized spacial score (nSPS) is 11.6. The van der Waals surface area contributed by atoms with Gasteiger partial charge in [0.2, 0.25) is 5.91 Å². The second-order valence-corrected chi connectivity index (χ2v) is 7.55. The number of carbonyl (C=O) groups is 1. The minimum atomic E-state index is -3.31. The van der Waals surface area contributed by atoms with Gasteiger partial charge in [0.05, 0.1) is 4.90 Å². The van der Waals surface area contributed by atoms with Gasteiger partial charge in [-0.3, -0.25) is 4.79 Å². The van der Waals surface area contributed by atoms with Crippen LogP contribution in [-0.2, 0) is 14.6 Å². The summed E-state index contributed by atoms with van der Waals surface area (Å²) in [6.07, 6.45) is 4.13. The monoisotopic (exact) mass is 349 g/mol. The largest absolute Gasteiger partial charge is 0.322 e. The van der Waals surface area contributed by atoms with Crippen LogP contribution in [0.25, 0.3) is 6.08 Å². The number of nitrogens with one attached hydrogen (secondary N) is 1. The maximum Gasteiger partial charge on any atom is 0.248 e. The minimum Gasteiger partial charge on any atom is -0.322 e. The number of hydrogen-bond donors (Lipinski definition) is 1. The Balaban J connectivity index is 2.10. The van der Waals surface area contributed by atoms with Gasteiger partial charge in [-0.1, -0.05) is 29.8 Å². The van der Waals surface area contributed by atoms with E-state index in [1.807, 2.05) is 19.1 Å².